The number of allylic oxidation sites excluding steroid dienone is 3. The molecule has 0 aromatic heterocycles. The van der Waals surface area contributed by atoms with Gasteiger partial charge in [-0.05, 0) is 23.6 Å². The predicted molar refractivity (Wildman–Crippen MR) is 67.4 cm³/mol. The van der Waals surface area contributed by atoms with Gasteiger partial charge in [-0.1, -0.05) is 55.1 Å². The van der Waals surface area contributed by atoms with Gasteiger partial charge in [0.15, 0.2) is 0 Å². The molecule has 0 saturated heterocycles. The smallest absolute Gasteiger partial charge is 0.0177 e. The van der Waals surface area contributed by atoms with Crippen molar-refractivity contribution in [1.29, 1.82) is 0 Å². The third-order valence-electron chi connectivity index (χ3n) is 2.27. The fourth-order valence-corrected chi connectivity index (χ4v) is 1.25. The van der Waals surface area contributed by atoms with E-state index in [1.165, 1.54) is 11.1 Å². The molecule has 0 unspecified atom stereocenters. The quantitative estimate of drug-likeness (QED) is 0.741. The third-order valence-corrected chi connectivity index (χ3v) is 2.27. The van der Waals surface area contributed by atoms with Crippen LogP contribution in [-0.2, 0) is 0 Å². The summed E-state index contributed by atoms with van der Waals surface area (Å²) < 4.78 is 0. The number of benzene rings is 1. The maximum absolute atomic E-state index is 5.54. The molecule has 78 valence electrons. The lowest BCUT2D eigenvalue weighted by atomic mass is 10.1. The largest absolute Gasteiger partial charge is 0.326 e. The molecule has 0 radical (unpaired) electrons. The van der Waals surface area contributed by atoms with Crippen molar-refractivity contribution in [2.75, 3.05) is 6.54 Å². The molecule has 1 aromatic rings. The first-order valence-corrected chi connectivity index (χ1v) is 5.03. The Bertz CT molecular complexity index is 372. The van der Waals surface area contributed by atoms with E-state index in [0.29, 0.717) is 6.54 Å². The van der Waals surface area contributed by atoms with Crippen molar-refractivity contribution in [3.05, 3.63) is 66.3 Å². The van der Waals surface area contributed by atoms with Crippen LogP contribution in [0.2, 0.25) is 0 Å². The zero-order chi connectivity index (χ0) is 11.1. The van der Waals surface area contributed by atoms with Crippen molar-refractivity contribution in [3.8, 4) is 0 Å². The Balaban J connectivity index is 2.85. The molecule has 1 heteroatoms. The maximum atomic E-state index is 5.54. The molecule has 15 heavy (non-hydrogen) atoms. The summed E-state index contributed by atoms with van der Waals surface area (Å²) in [5.41, 5.74) is 9.04. The van der Waals surface area contributed by atoms with Crippen LogP contribution in [0.3, 0.4) is 0 Å². The molecule has 1 rings (SSSR count). The Morgan fingerprint density at radius 3 is 2.47 bits per heavy atom. The highest BCUT2D eigenvalue weighted by molar-refractivity contribution is 5.65. The van der Waals surface area contributed by atoms with Gasteiger partial charge in [-0.3, -0.25) is 0 Å². The highest BCUT2D eigenvalue weighted by Crippen LogP contribution is 2.13. The SMILES string of the molecule is C=C/C(=C\C=C(/C)c1ccccc1)CN. The summed E-state index contributed by atoms with van der Waals surface area (Å²) in [6.45, 7) is 6.32. The van der Waals surface area contributed by atoms with Gasteiger partial charge >= 0.3 is 0 Å². The molecule has 0 spiro atoms. The van der Waals surface area contributed by atoms with E-state index in [2.05, 4.69) is 31.7 Å². The zero-order valence-corrected chi connectivity index (χ0v) is 9.11. The Labute approximate surface area is 91.6 Å². The van der Waals surface area contributed by atoms with Crippen molar-refractivity contribution in [1.82, 2.24) is 0 Å². The first-order chi connectivity index (χ1) is 7.27. The molecular weight excluding hydrogens is 182 g/mol. The fourth-order valence-electron chi connectivity index (χ4n) is 1.25. The predicted octanol–water partition coefficient (Wildman–Crippen LogP) is 3.16. The zero-order valence-electron chi connectivity index (χ0n) is 9.11. The molecule has 0 aliphatic heterocycles. The van der Waals surface area contributed by atoms with Gasteiger partial charge in [0, 0.05) is 6.54 Å². The van der Waals surface area contributed by atoms with E-state index in [9.17, 15) is 0 Å². The first-order valence-electron chi connectivity index (χ1n) is 5.03. The van der Waals surface area contributed by atoms with Crippen molar-refractivity contribution in [2.24, 2.45) is 5.73 Å². The molecule has 0 saturated carbocycles. The average molecular weight is 199 g/mol. The van der Waals surface area contributed by atoms with Crippen molar-refractivity contribution in [3.63, 3.8) is 0 Å². The van der Waals surface area contributed by atoms with Crippen LogP contribution >= 0.6 is 0 Å². The molecule has 0 aliphatic rings. The summed E-state index contributed by atoms with van der Waals surface area (Å²) in [5, 5.41) is 0. The summed E-state index contributed by atoms with van der Waals surface area (Å²) in [4.78, 5) is 0. The second kappa shape index (κ2) is 5.99. The number of nitrogens with two attached hydrogens (primary N) is 1. The molecule has 1 nitrogen and oxygen atoms in total. The lowest BCUT2D eigenvalue weighted by molar-refractivity contribution is 1.19. The molecule has 0 heterocycles. The minimum atomic E-state index is 0.530. The molecule has 0 amide bonds. The van der Waals surface area contributed by atoms with E-state index >= 15 is 0 Å². The molecule has 0 bridgehead atoms. The molecule has 2 N–H and O–H groups in total. The van der Waals surface area contributed by atoms with Crippen molar-refractivity contribution < 1.29 is 0 Å². The number of hydrogen-bond donors (Lipinski definition) is 1. The molecule has 0 aliphatic carbocycles. The Kier molecular flexibility index (Phi) is 4.58. The minimum Gasteiger partial charge on any atom is -0.326 e. The van der Waals surface area contributed by atoms with Gasteiger partial charge < -0.3 is 5.73 Å². The van der Waals surface area contributed by atoms with E-state index in [-0.39, 0.29) is 0 Å². The molecule has 0 fully saturated rings. The summed E-state index contributed by atoms with van der Waals surface area (Å²) in [5.74, 6) is 0. The first kappa shape index (κ1) is 11.5. The minimum absolute atomic E-state index is 0.530. The van der Waals surface area contributed by atoms with Crippen LogP contribution in [-0.4, -0.2) is 6.54 Å². The van der Waals surface area contributed by atoms with Gasteiger partial charge in [-0.2, -0.15) is 0 Å². The van der Waals surface area contributed by atoms with Gasteiger partial charge in [-0.15, -0.1) is 0 Å². The molecule has 1 aromatic carbocycles. The number of hydrogen-bond acceptors (Lipinski definition) is 1. The van der Waals surface area contributed by atoms with E-state index in [1.54, 1.807) is 6.08 Å². The summed E-state index contributed by atoms with van der Waals surface area (Å²) in [7, 11) is 0. The van der Waals surface area contributed by atoms with Crippen LogP contribution in [0.15, 0.2) is 60.7 Å². The second-order valence-electron chi connectivity index (χ2n) is 3.37. The van der Waals surface area contributed by atoms with E-state index in [1.807, 2.05) is 24.3 Å². The fraction of sp³-hybridized carbons (Fsp3) is 0.143. The lowest BCUT2D eigenvalue weighted by Gasteiger charge is -1.99. The standard InChI is InChI=1S/C14H17N/c1-3-13(11-15)10-9-12(2)14-7-5-4-6-8-14/h3-10H,1,11,15H2,2H3/b12-9+,13-10+. The van der Waals surface area contributed by atoms with Crippen LogP contribution in [0.1, 0.15) is 12.5 Å². The maximum Gasteiger partial charge on any atom is 0.0177 e. The van der Waals surface area contributed by atoms with Gasteiger partial charge in [0.05, 0.1) is 0 Å². The highest BCUT2D eigenvalue weighted by atomic mass is 14.5. The van der Waals surface area contributed by atoms with Crippen molar-refractivity contribution in [2.45, 2.75) is 6.92 Å². The average Bonchev–Trinajstić information content (AvgIpc) is 2.31. The highest BCUT2D eigenvalue weighted by Gasteiger charge is 1.91. The summed E-state index contributed by atoms with van der Waals surface area (Å²) in [6, 6.07) is 10.3. The van der Waals surface area contributed by atoms with Gasteiger partial charge in [0.2, 0.25) is 0 Å². The summed E-state index contributed by atoms with van der Waals surface area (Å²) >= 11 is 0. The normalized spacial score (nSPS) is 12.7. The Morgan fingerprint density at radius 2 is 1.93 bits per heavy atom. The lowest BCUT2D eigenvalue weighted by Crippen LogP contribution is -1.99. The Hall–Kier alpha value is -1.60. The van der Waals surface area contributed by atoms with Gasteiger partial charge in [0.1, 0.15) is 0 Å². The van der Waals surface area contributed by atoms with E-state index in [0.717, 1.165) is 5.57 Å². The van der Waals surface area contributed by atoms with Crippen LogP contribution in [0.25, 0.3) is 5.57 Å². The Morgan fingerprint density at radius 1 is 1.27 bits per heavy atom. The van der Waals surface area contributed by atoms with Crippen LogP contribution in [0, 0.1) is 0 Å². The molecular formula is C14H17N. The monoisotopic (exact) mass is 199 g/mol. The van der Waals surface area contributed by atoms with E-state index in [4.69, 9.17) is 5.73 Å². The van der Waals surface area contributed by atoms with Crippen LogP contribution < -0.4 is 5.73 Å². The van der Waals surface area contributed by atoms with Gasteiger partial charge in [-0.25, -0.2) is 0 Å². The third kappa shape index (κ3) is 3.56. The number of rotatable bonds is 4. The molecule has 0 atom stereocenters. The van der Waals surface area contributed by atoms with Crippen LogP contribution in [0.5, 0.6) is 0 Å². The second-order valence-corrected chi connectivity index (χ2v) is 3.37. The van der Waals surface area contributed by atoms with Crippen LogP contribution in [0.4, 0.5) is 0 Å². The topological polar surface area (TPSA) is 26.0 Å². The van der Waals surface area contributed by atoms with E-state index < -0.39 is 0 Å². The van der Waals surface area contributed by atoms with Crippen molar-refractivity contribution >= 4 is 5.57 Å². The summed E-state index contributed by atoms with van der Waals surface area (Å²) in [6.07, 6.45) is 5.86. The van der Waals surface area contributed by atoms with Gasteiger partial charge in [0.25, 0.3) is 0 Å².